The minimum absolute atomic E-state index is 0.00148. The van der Waals surface area contributed by atoms with Gasteiger partial charge in [-0.05, 0) is 104 Å². The fourth-order valence-corrected chi connectivity index (χ4v) is 11.3. The van der Waals surface area contributed by atoms with Crippen molar-refractivity contribution in [3.8, 4) is 0 Å². The second-order valence-corrected chi connectivity index (χ2v) is 15.5. The SMILES string of the molecule is CC(=O)O[C@H]1CC[C@]2(C)[C@H]3CC=C4[C@H]5[C@](C)(CC[C@@H](C)[C@@]5(C)O)CC[C@@]4(C)[C@]3(C)CC[C@H]2C1(C)C. The number of hydrogen-bond donors (Lipinski definition) is 1. The van der Waals surface area contributed by atoms with Crippen LogP contribution in [0, 0.1) is 50.7 Å². The molecule has 0 bridgehead atoms. The Balaban J connectivity index is 1.56. The van der Waals surface area contributed by atoms with Gasteiger partial charge in [0.2, 0.25) is 0 Å². The molecule has 5 aliphatic rings. The zero-order valence-electron chi connectivity index (χ0n) is 24.1. The van der Waals surface area contributed by atoms with Crippen LogP contribution in [0.25, 0.3) is 0 Å². The Labute approximate surface area is 214 Å². The number of aliphatic hydroxyl groups is 1. The highest BCUT2D eigenvalue weighted by Gasteiger charge is 2.69. The van der Waals surface area contributed by atoms with E-state index in [1.54, 1.807) is 12.5 Å². The molecule has 198 valence electrons. The Morgan fingerprint density at radius 1 is 0.914 bits per heavy atom. The molecule has 0 unspecified atom stereocenters. The number of allylic oxidation sites excluding steroid dienone is 1. The van der Waals surface area contributed by atoms with E-state index >= 15 is 0 Å². The fourth-order valence-electron chi connectivity index (χ4n) is 11.3. The van der Waals surface area contributed by atoms with Crippen LogP contribution < -0.4 is 0 Å². The first kappa shape index (κ1) is 25.8. The largest absolute Gasteiger partial charge is 0.462 e. The molecule has 0 aromatic heterocycles. The molecular formula is C32H52O3. The van der Waals surface area contributed by atoms with E-state index in [0.29, 0.717) is 17.8 Å². The van der Waals surface area contributed by atoms with Crippen LogP contribution in [0.3, 0.4) is 0 Å². The van der Waals surface area contributed by atoms with Crippen molar-refractivity contribution in [3.05, 3.63) is 11.6 Å². The average molecular weight is 485 g/mol. The number of fused-ring (bicyclic) bond motifs is 7. The summed E-state index contributed by atoms with van der Waals surface area (Å²) in [6.45, 7) is 21.0. The molecule has 0 saturated heterocycles. The van der Waals surface area contributed by atoms with Crippen molar-refractivity contribution in [2.45, 2.75) is 132 Å². The number of carbonyl (C=O) groups is 1. The normalized spacial score (nSPS) is 54.9. The van der Waals surface area contributed by atoms with Gasteiger partial charge in [-0.3, -0.25) is 4.79 Å². The van der Waals surface area contributed by atoms with Crippen LogP contribution in [-0.2, 0) is 9.53 Å². The predicted molar refractivity (Wildman–Crippen MR) is 142 cm³/mol. The highest BCUT2D eigenvalue weighted by Crippen LogP contribution is 2.76. The first-order chi connectivity index (χ1) is 16.0. The summed E-state index contributed by atoms with van der Waals surface area (Å²) >= 11 is 0. The lowest BCUT2D eigenvalue weighted by molar-refractivity contribution is -0.218. The Kier molecular flexibility index (Phi) is 5.61. The van der Waals surface area contributed by atoms with Crippen LogP contribution >= 0.6 is 0 Å². The second kappa shape index (κ2) is 7.61. The molecule has 0 aliphatic heterocycles. The van der Waals surface area contributed by atoms with Crippen LogP contribution in [0.2, 0.25) is 0 Å². The topological polar surface area (TPSA) is 46.5 Å². The van der Waals surface area contributed by atoms with E-state index in [1.807, 2.05) is 0 Å². The monoisotopic (exact) mass is 484 g/mol. The average Bonchev–Trinajstić information content (AvgIpc) is 2.74. The van der Waals surface area contributed by atoms with Gasteiger partial charge in [-0.2, -0.15) is 0 Å². The van der Waals surface area contributed by atoms with Gasteiger partial charge in [0.05, 0.1) is 5.60 Å². The van der Waals surface area contributed by atoms with E-state index in [1.165, 1.54) is 32.1 Å². The summed E-state index contributed by atoms with van der Waals surface area (Å²) < 4.78 is 5.89. The molecule has 4 saturated carbocycles. The predicted octanol–water partition coefficient (Wildman–Crippen LogP) is 7.71. The summed E-state index contributed by atoms with van der Waals surface area (Å²) in [4.78, 5) is 11.9. The van der Waals surface area contributed by atoms with E-state index in [2.05, 4.69) is 61.5 Å². The van der Waals surface area contributed by atoms with Crippen LogP contribution in [0.4, 0.5) is 0 Å². The van der Waals surface area contributed by atoms with E-state index in [0.717, 1.165) is 25.7 Å². The van der Waals surface area contributed by atoms with Crippen molar-refractivity contribution in [2.24, 2.45) is 50.7 Å². The molecule has 10 atom stereocenters. The molecule has 0 amide bonds. The number of rotatable bonds is 1. The van der Waals surface area contributed by atoms with Crippen molar-refractivity contribution >= 4 is 5.97 Å². The summed E-state index contributed by atoms with van der Waals surface area (Å²) in [7, 11) is 0. The number of carbonyl (C=O) groups excluding carboxylic acids is 1. The lowest BCUT2D eigenvalue weighted by Crippen LogP contribution is -2.66. The van der Waals surface area contributed by atoms with Gasteiger partial charge in [-0.15, -0.1) is 0 Å². The van der Waals surface area contributed by atoms with Gasteiger partial charge in [0.25, 0.3) is 0 Å². The molecule has 4 fully saturated rings. The molecule has 5 aliphatic carbocycles. The van der Waals surface area contributed by atoms with Crippen molar-refractivity contribution in [1.29, 1.82) is 0 Å². The third-order valence-corrected chi connectivity index (χ3v) is 13.7. The minimum Gasteiger partial charge on any atom is -0.462 e. The van der Waals surface area contributed by atoms with Crippen molar-refractivity contribution in [1.82, 2.24) is 0 Å². The second-order valence-electron chi connectivity index (χ2n) is 15.5. The summed E-state index contributed by atoms with van der Waals surface area (Å²) in [5, 5.41) is 12.0. The highest BCUT2D eigenvalue weighted by atomic mass is 16.5. The standard InChI is InChI=1S/C32H52O3/c1-20-12-15-28(5)18-19-30(7)22(26(28)32(20,9)34)10-11-24-29(6)16-14-25(35-21(2)33)27(3,4)23(29)13-17-31(24,30)8/h10,20,23-26,34H,11-19H2,1-9H3/t20-,23+,24-,25+,26+,28-,29+,30-,31-,32-/m1/s1. The highest BCUT2D eigenvalue weighted by molar-refractivity contribution is 5.66. The van der Waals surface area contributed by atoms with Gasteiger partial charge in [-0.25, -0.2) is 0 Å². The molecule has 1 N–H and O–H groups in total. The van der Waals surface area contributed by atoms with Gasteiger partial charge in [-0.1, -0.05) is 60.1 Å². The van der Waals surface area contributed by atoms with Gasteiger partial charge in [0.15, 0.2) is 0 Å². The van der Waals surface area contributed by atoms with Crippen molar-refractivity contribution in [3.63, 3.8) is 0 Å². The first-order valence-corrected chi connectivity index (χ1v) is 14.6. The third-order valence-electron chi connectivity index (χ3n) is 13.7. The molecule has 5 rings (SSSR count). The van der Waals surface area contributed by atoms with Gasteiger partial charge in [0, 0.05) is 18.3 Å². The maximum atomic E-state index is 12.0. The molecule has 3 nitrogen and oxygen atoms in total. The van der Waals surface area contributed by atoms with Crippen LogP contribution in [-0.4, -0.2) is 22.8 Å². The Hall–Kier alpha value is -0.830. The van der Waals surface area contributed by atoms with E-state index in [9.17, 15) is 9.90 Å². The molecule has 0 aromatic rings. The zero-order valence-corrected chi connectivity index (χ0v) is 24.1. The number of hydrogen-bond acceptors (Lipinski definition) is 3. The van der Waals surface area contributed by atoms with Crippen molar-refractivity contribution < 1.29 is 14.6 Å². The van der Waals surface area contributed by atoms with E-state index in [-0.39, 0.29) is 45.1 Å². The lowest BCUT2D eigenvalue weighted by Gasteiger charge is -2.72. The molecule has 0 aromatic carbocycles. The summed E-state index contributed by atoms with van der Waals surface area (Å²) in [5.74, 6) is 1.69. The van der Waals surface area contributed by atoms with Gasteiger partial charge < -0.3 is 9.84 Å². The Morgan fingerprint density at radius 3 is 2.26 bits per heavy atom. The van der Waals surface area contributed by atoms with Crippen LogP contribution in [0.5, 0.6) is 0 Å². The third kappa shape index (κ3) is 3.21. The van der Waals surface area contributed by atoms with Crippen LogP contribution in [0.1, 0.15) is 120 Å². The smallest absolute Gasteiger partial charge is 0.302 e. The summed E-state index contributed by atoms with van der Waals surface area (Å²) in [5.41, 5.74) is 1.83. The Morgan fingerprint density at radius 2 is 1.60 bits per heavy atom. The summed E-state index contributed by atoms with van der Waals surface area (Å²) in [6.07, 6.45) is 13.3. The molecule has 3 heteroatoms. The van der Waals surface area contributed by atoms with E-state index in [4.69, 9.17) is 4.74 Å². The van der Waals surface area contributed by atoms with E-state index < -0.39 is 5.60 Å². The summed E-state index contributed by atoms with van der Waals surface area (Å²) in [6, 6.07) is 0. The van der Waals surface area contributed by atoms with Crippen LogP contribution in [0.15, 0.2) is 11.6 Å². The number of esters is 1. The molecular weight excluding hydrogens is 432 g/mol. The number of ether oxygens (including phenoxy) is 1. The van der Waals surface area contributed by atoms with Crippen molar-refractivity contribution in [2.75, 3.05) is 0 Å². The quantitative estimate of drug-likeness (QED) is 0.306. The maximum absolute atomic E-state index is 12.0. The lowest BCUT2D eigenvalue weighted by atomic mass is 9.33. The van der Waals surface area contributed by atoms with Gasteiger partial charge in [0.1, 0.15) is 6.10 Å². The maximum Gasteiger partial charge on any atom is 0.302 e. The minimum atomic E-state index is -0.630. The fraction of sp³-hybridized carbons (Fsp3) is 0.906. The molecule has 35 heavy (non-hydrogen) atoms. The molecule has 0 spiro atoms. The Bertz CT molecular complexity index is 926. The first-order valence-electron chi connectivity index (χ1n) is 14.6. The van der Waals surface area contributed by atoms with Gasteiger partial charge >= 0.3 is 5.97 Å². The zero-order chi connectivity index (χ0) is 25.8. The molecule has 0 radical (unpaired) electrons. The molecule has 0 heterocycles.